The van der Waals surface area contributed by atoms with Crippen LogP contribution in [0, 0.1) is 0 Å². The Morgan fingerprint density at radius 1 is 1.35 bits per heavy atom. The van der Waals surface area contributed by atoms with Crippen LogP contribution in [0.3, 0.4) is 0 Å². The molecule has 2 rings (SSSR count). The fraction of sp³-hybridized carbons (Fsp3) is 0.462. The van der Waals surface area contributed by atoms with Gasteiger partial charge in [-0.3, -0.25) is 0 Å². The summed E-state index contributed by atoms with van der Waals surface area (Å²) in [4.78, 5) is 4.47. The van der Waals surface area contributed by atoms with Gasteiger partial charge in [0.2, 0.25) is 0 Å². The Labute approximate surface area is 125 Å². The summed E-state index contributed by atoms with van der Waals surface area (Å²) < 4.78 is 30.9. The largest absolute Gasteiger partial charge is 0.374 e. The molecule has 1 aromatic heterocycles. The van der Waals surface area contributed by atoms with E-state index in [9.17, 15) is 8.78 Å². The lowest BCUT2D eigenvalue weighted by atomic mass is 10.3. The van der Waals surface area contributed by atoms with Gasteiger partial charge in [0.25, 0.3) is 6.43 Å². The molecule has 0 unspecified atom stereocenters. The second-order valence-corrected chi connectivity index (χ2v) is 4.98. The topological polar surface area (TPSA) is 27.1 Å². The average Bonchev–Trinajstić information content (AvgIpc) is 2.74. The van der Waals surface area contributed by atoms with Crippen molar-refractivity contribution in [1.29, 1.82) is 0 Å². The van der Waals surface area contributed by atoms with Crippen molar-refractivity contribution in [2.45, 2.75) is 19.4 Å². The van der Waals surface area contributed by atoms with Gasteiger partial charge in [-0.1, -0.05) is 17.7 Å². The summed E-state index contributed by atoms with van der Waals surface area (Å²) in [6.45, 7) is 0.0285. The molecule has 1 heterocycles. The van der Waals surface area contributed by atoms with Gasteiger partial charge in [0.15, 0.2) is 0 Å². The molecule has 0 radical (unpaired) electrons. The number of alkyl halides is 3. The summed E-state index contributed by atoms with van der Waals surface area (Å²) in [5, 5.41) is 0.574. The zero-order valence-electron chi connectivity index (χ0n) is 10.7. The molecule has 0 aliphatic rings. The Kier molecular flexibility index (Phi) is 5.57. The quantitative estimate of drug-likeness (QED) is 0.573. The molecule has 0 fully saturated rings. The fourth-order valence-electron chi connectivity index (χ4n) is 2.03. The number of hydrogen-bond donors (Lipinski definition) is 0. The molecule has 2 aromatic rings. The number of ether oxygens (including phenoxy) is 1. The maximum atomic E-state index is 12.0. The lowest BCUT2D eigenvalue weighted by Crippen LogP contribution is -2.13. The summed E-state index contributed by atoms with van der Waals surface area (Å²) in [7, 11) is 0. The highest BCUT2D eigenvalue weighted by atomic mass is 35.5. The summed E-state index contributed by atoms with van der Waals surface area (Å²) in [6, 6.07) is 5.45. The van der Waals surface area contributed by atoms with Gasteiger partial charge in [0.05, 0.1) is 22.7 Å². The van der Waals surface area contributed by atoms with Gasteiger partial charge in [0, 0.05) is 18.8 Å². The summed E-state index contributed by atoms with van der Waals surface area (Å²) in [5.41, 5.74) is 1.56. The highest BCUT2D eigenvalue weighted by molar-refractivity contribution is 6.35. The number of aryl methyl sites for hydroxylation is 1. The second-order valence-electron chi connectivity index (χ2n) is 4.19. The molecular weight excluding hydrogens is 309 g/mol. The van der Waals surface area contributed by atoms with Crippen LogP contribution < -0.4 is 0 Å². The molecule has 3 nitrogen and oxygen atoms in total. The number of benzene rings is 1. The minimum atomic E-state index is -2.46. The van der Waals surface area contributed by atoms with Crippen LogP contribution in [-0.4, -0.2) is 35.1 Å². The minimum Gasteiger partial charge on any atom is -0.374 e. The molecule has 0 amide bonds. The van der Waals surface area contributed by atoms with Gasteiger partial charge in [-0.25, -0.2) is 13.8 Å². The first-order chi connectivity index (χ1) is 9.63. The van der Waals surface area contributed by atoms with E-state index in [2.05, 4.69) is 4.98 Å². The molecule has 7 heteroatoms. The van der Waals surface area contributed by atoms with E-state index in [4.69, 9.17) is 27.9 Å². The molecule has 0 bridgehead atoms. The predicted molar refractivity (Wildman–Crippen MR) is 76.0 cm³/mol. The van der Waals surface area contributed by atoms with Crippen molar-refractivity contribution in [3.8, 4) is 0 Å². The Hall–Kier alpha value is -0.910. The van der Waals surface area contributed by atoms with Crippen molar-refractivity contribution in [2.75, 3.05) is 19.1 Å². The van der Waals surface area contributed by atoms with E-state index in [1.165, 1.54) is 0 Å². The van der Waals surface area contributed by atoms with Gasteiger partial charge in [-0.05, 0) is 12.1 Å². The van der Waals surface area contributed by atoms with Crippen LogP contribution in [-0.2, 0) is 17.7 Å². The maximum absolute atomic E-state index is 12.0. The lowest BCUT2D eigenvalue weighted by molar-refractivity contribution is 0.0148. The van der Waals surface area contributed by atoms with Crippen molar-refractivity contribution in [3.05, 3.63) is 29.0 Å². The van der Waals surface area contributed by atoms with E-state index in [0.717, 1.165) is 16.9 Å². The van der Waals surface area contributed by atoms with E-state index in [1.807, 2.05) is 16.7 Å². The van der Waals surface area contributed by atoms with Crippen LogP contribution in [0.1, 0.15) is 5.82 Å². The average molecular weight is 323 g/mol. The number of halogens is 4. The summed E-state index contributed by atoms with van der Waals surface area (Å²) in [6.07, 6.45) is -1.87. The van der Waals surface area contributed by atoms with Crippen molar-refractivity contribution in [3.63, 3.8) is 0 Å². The standard InChI is InChI=1S/C13H14Cl2F2N2O/c14-5-4-12-18-10-3-1-2-9(15)13(10)19(12)6-7-20-8-11(16)17/h1-3,11H,4-8H2. The SMILES string of the molecule is FC(F)COCCn1c(CCCl)nc2cccc(Cl)c21. The normalized spacial score (nSPS) is 11.7. The van der Waals surface area contributed by atoms with Gasteiger partial charge in [-0.2, -0.15) is 0 Å². The van der Waals surface area contributed by atoms with Crippen LogP contribution in [0.15, 0.2) is 18.2 Å². The van der Waals surface area contributed by atoms with Crippen LogP contribution in [0.4, 0.5) is 8.78 Å². The van der Waals surface area contributed by atoms with Gasteiger partial charge in [-0.15, -0.1) is 11.6 Å². The third-order valence-corrected chi connectivity index (χ3v) is 3.31. The van der Waals surface area contributed by atoms with E-state index in [-0.39, 0.29) is 6.61 Å². The van der Waals surface area contributed by atoms with Crippen molar-refractivity contribution in [1.82, 2.24) is 9.55 Å². The number of imidazole rings is 1. The molecule has 0 saturated carbocycles. The van der Waals surface area contributed by atoms with Crippen LogP contribution in [0.25, 0.3) is 11.0 Å². The number of aromatic nitrogens is 2. The molecule has 0 atom stereocenters. The van der Waals surface area contributed by atoms with Crippen LogP contribution in [0.2, 0.25) is 5.02 Å². The first-order valence-electron chi connectivity index (χ1n) is 6.19. The van der Waals surface area contributed by atoms with Crippen LogP contribution >= 0.6 is 23.2 Å². The Bertz CT molecular complexity index is 575. The number of fused-ring (bicyclic) bond motifs is 1. The molecule has 0 aliphatic carbocycles. The van der Waals surface area contributed by atoms with E-state index in [0.29, 0.717) is 23.9 Å². The lowest BCUT2D eigenvalue weighted by Gasteiger charge is -2.10. The number of rotatable bonds is 7. The van der Waals surface area contributed by atoms with E-state index >= 15 is 0 Å². The van der Waals surface area contributed by atoms with Gasteiger partial charge < -0.3 is 9.30 Å². The maximum Gasteiger partial charge on any atom is 0.261 e. The first kappa shape index (κ1) is 15.5. The third-order valence-electron chi connectivity index (χ3n) is 2.82. The minimum absolute atomic E-state index is 0.177. The fourth-order valence-corrected chi connectivity index (χ4v) is 2.47. The first-order valence-corrected chi connectivity index (χ1v) is 7.10. The summed E-state index contributed by atoms with van der Waals surface area (Å²) >= 11 is 11.9. The Morgan fingerprint density at radius 2 is 2.15 bits per heavy atom. The van der Waals surface area contributed by atoms with Crippen molar-refractivity contribution in [2.24, 2.45) is 0 Å². The zero-order valence-corrected chi connectivity index (χ0v) is 12.2. The molecule has 0 spiro atoms. The molecule has 1 aromatic carbocycles. The molecular formula is C13H14Cl2F2N2O. The Morgan fingerprint density at radius 3 is 2.85 bits per heavy atom. The van der Waals surface area contributed by atoms with E-state index < -0.39 is 13.0 Å². The molecule has 0 N–H and O–H groups in total. The van der Waals surface area contributed by atoms with Gasteiger partial charge >= 0.3 is 0 Å². The molecule has 20 heavy (non-hydrogen) atoms. The number of nitrogens with zero attached hydrogens (tertiary/aromatic N) is 2. The van der Waals surface area contributed by atoms with Crippen molar-refractivity contribution < 1.29 is 13.5 Å². The van der Waals surface area contributed by atoms with E-state index in [1.54, 1.807) is 6.07 Å². The van der Waals surface area contributed by atoms with Crippen molar-refractivity contribution >= 4 is 34.2 Å². The highest BCUT2D eigenvalue weighted by Gasteiger charge is 2.13. The predicted octanol–water partition coefficient (Wildman–Crippen LogP) is 3.75. The van der Waals surface area contributed by atoms with Gasteiger partial charge in [0.1, 0.15) is 12.4 Å². The highest BCUT2D eigenvalue weighted by Crippen LogP contribution is 2.25. The third kappa shape index (κ3) is 3.59. The van der Waals surface area contributed by atoms with Crippen LogP contribution in [0.5, 0.6) is 0 Å². The zero-order chi connectivity index (χ0) is 14.5. The molecule has 0 aliphatic heterocycles. The summed E-state index contributed by atoms with van der Waals surface area (Å²) in [5.74, 6) is 1.21. The smallest absolute Gasteiger partial charge is 0.261 e. The monoisotopic (exact) mass is 322 g/mol. The molecule has 0 saturated heterocycles. The number of para-hydroxylation sites is 1. The second kappa shape index (κ2) is 7.20. The Balaban J connectivity index is 2.21. The number of hydrogen-bond acceptors (Lipinski definition) is 2. The molecule has 110 valence electrons.